The zero-order valence-electron chi connectivity index (χ0n) is 18.6. The normalized spacial score (nSPS) is 17.2. The van der Waals surface area contributed by atoms with Gasteiger partial charge in [0.2, 0.25) is 11.8 Å². The summed E-state index contributed by atoms with van der Waals surface area (Å²) in [4.78, 5) is 17.9. The maximum absolute atomic E-state index is 12.8. The molecule has 2 aromatic heterocycles. The number of nitrogens with one attached hydrogen (secondary N) is 1. The molecule has 0 unspecified atom stereocenters. The van der Waals surface area contributed by atoms with E-state index in [1.807, 2.05) is 32.9 Å². The van der Waals surface area contributed by atoms with E-state index >= 15 is 0 Å². The number of ether oxygens (including phenoxy) is 2. The molecule has 32 heavy (non-hydrogen) atoms. The van der Waals surface area contributed by atoms with E-state index in [1.165, 1.54) is 11.9 Å². The highest BCUT2D eigenvalue weighted by molar-refractivity contribution is 5.49. The van der Waals surface area contributed by atoms with Crippen molar-refractivity contribution in [2.45, 2.75) is 52.2 Å². The SMILES string of the molecule is CCc1nc(Oc2cc(C)ncn2)c(CC)nc1N[C@@H]1c2ccccc2C[C@@H]1OCCF. The molecular weight excluding hydrogens is 409 g/mol. The van der Waals surface area contributed by atoms with Crippen LogP contribution in [0.4, 0.5) is 10.2 Å². The molecule has 1 aliphatic carbocycles. The van der Waals surface area contributed by atoms with Gasteiger partial charge in [-0.05, 0) is 30.9 Å². The monoisotopic (exact) mass is 437 g/mol. The van der Waals surface area contributed by atoms with E-state index in [2.05, 4.69) is 27.4 Å². The molecule has 0 fully saturated rings. The highest BCUT2D eigenvalue weighted by Gasteiger charge is 2.34. The third kappa shape index (κ3) is 4.70. The van der Waals surface area contributed by atoms with E-state index in [4.69, 9.17) is 19.4 Å². The Morgan fingerprint density at radius 1 is 1.09 bits per heavy atom. The van der Waals surface area contributed by atoms with E-state index in [9.17, 15) is 4.39 Å². The molecule has 0 saturated heterocycles. The molecule has 2 heterocycles. The molecular formula is C24H28FN5O2. The maximum Gasteiger partial charge on any atom is 0.243 e. The van der Waals surface area contributed by atoms with Crippen molar-refractivity contribution in [2.24, 2.45) is 0 Å². The van der Waals surface area contributed by atoms with Crippen LogP contribution in [0.1, 0.15) is 48.1 Å². The molecule has 0 spiro atoms. The molecule has 7 nitrogen and oxygen atoms in total. The summed E-state index contributed by atoms with van der Waals surface area (Å²) in [5, 5.41) is 3.55. The van der Waals surface area contributed by atoms with Gasteiger partial charge in [0, 0.05) is 18.2 Å². The van der Waals surface area contributed by atoms with Crippen molar-refractivity contribution in [1.29, 1.82) is 0 Å². The summed E-state index contributed by atoms with van der Waals surface area (Å²) in [6.07, 6.45) is 3.35. The highest BCUT2D eigenvalue weighted by Crippen LogP contribution is 2.37. The molecule has 1 aromatic carbocycles. The second-order valence-corrected chi connectivity index (χ2v) is 7.70. The molecule has 3 aromatic rings. The van der Waals surface area contributed by atoms with Crippen molar-refractivity contribution in [3.05, 3.63) is 64.9 Å². The summed E-state index contributed by atoms with van der Waals surface area (Å²) in [6, 6.07) is 9.84. The molecule has 2 atom stereocenters. The lowest BCUT2D eigenvalue weighted by molar-refractivity contribution is 0.0393. The van der Waals surface area contributed by atoms with Crippen LogP contribution in [0.5, 0.6) is 11.8 Å². The Hall–Kier alpha value is -3.13. The number of halogens is 1. The lowest BCUT2D eigenvalue weighted by Crippen LogP contribution is -2.27. The average Bonchev–Trinajstić information content (AvgIpc) is 3.15. The fourth-order valence-corrected chi connectivity index (χ4v) is 3.97. The molecule has 0 aliphatic heterocycles. The molecule has 4 rings (SSSR count). The second-order valence-electron chi connectivity index (χ2n) is 7.70. The third-order valence-corrected chi connectivity index (χ3v) is 5.54. The van der Waals surface area contributed by atoms with E-state index in [0.717, 1.165) is 29.1 Å². The van der Waals surface area contributed by atoms with Crippen LogP contribution in [-0.2, 0) is 24.0 Å². The second kappa shape index (κ2) is 9.99. The standard InChI is InChI=1S/C24H28FN5O2/c1-4-18-23(28-19(5-2)24(29-18)32-21-12-15(3)26-14-27-21)30-22-17-9-7-6-8-16(17)13-20(22)31-11-10-25/h6-9,12,14,20,22H,4-5,10-11,13H2,1-3H3,(H,28,30)/t20-,22+/m0/s1. The Bertz CT molecular complexity index is 1080. The fraction of sp³-hybridized carbons (Fsp3) is 0.417. The van der Waals surface area contributed by atoms with E-state index < -0.39 is 6.67 Å². The van der Waals surface area contributed by atoms with E-state index in [1.54, 1.807) is 6.07 Å². The first kappa shape index (κ1) is 22.1. The minimum atomic E-state index is -0.506. The predicted molar refractivity (Wildman–Crippen MR) is 120 cm³/mol. The van der Waals surface area contributed by atoms with Gasteiger partial charge in [0.1, 0.15) is 24.5 Å². The number of alkyl halides is 1. The zero-order valence-corrected chi connectivity index (χ0v) is 18.6. The molecule has 0 amide bonds. The zero-order chi connectivity index (χ0) is 22.5. The van der Waals surface area contributed by atoms with E-state index in [-0.39, 0.29) is 18.8 Å². The van der Waals surface area contributed by atoms with Crippen molar-refractivity contribution in [3.63, 3.8) is 0 Å². The Labute approximate surface area is 187 Å². The van der Waals surface area contributed by atoms with Crippen LogP contribution in [0.15, 0.2) is 36.7 Å². The number of anilines is 1. The van der Waals surface area contributed by atoms with Gasteiger partial charge in [-0.3, -0.25) is 0 Å². The number of rotatable bonds is 9. The average molecular weight is 438 g/mol. The van der Waals surface area contributed by atoms with Gasteiger partial charge >= 0.3 is 0 Å². The molecule has 168 valence electrons. The summed E-state index contributed by atoms with van der Waals surface area (Å²) in [6.45, 7) is 5.49. The number of nitrogens with zero attached hydrogens (tertiary/aromatic N) is 4. The lowest BCUT2D eigenvalue weighted by atomic mass is 10.1. The molecule has 1 N–H and O–H groups in total. The minimum absolute atomic E-state index is 0.0779. The first-order valence-electron chi connectivity index (χ1n) is 11.0. The summed E-state index contributed by atoms with van der Waals surface area (Å²) in [7, 11) is 0. The molecule has 1 aliphatic rings. The molecule has 8 heteroatoms. The Balaban J connectivity index is 1.65. The van der Waals surface area contributed by atoms with Crippen molar-refractivity contribution in [3.8, 4) is 11.8 Å². The number of hydrogen-bond acceptors (Lipinski definition) is 7. The largest absolute Gasteiger partial charge is 0.419 e. The van der Waals surface area contributed by atoms with Crippen LogP contribution in [0, 0.1) is 6.92 Å². The van der Waals surface area contributed by atoms with Crippen LogP contribution in [-0.4, -0.2) is 39.3 Å². The van der Waals surface area contributed by atoms with E-state index in [0.29, 0.717) is 30.4 Å². The first-order chi connectivity index (χ1) is 15.6. The number of aromatic nitrogens is 4. The highest BCUT2D eigenvalue weighted by atomic mass is 19.1. The van der Waals surface area contributed by atoms with Gasteiger partial charge in [-0.1, -0.05) is 38.1 Å². The summed E-state index contributed by atoms with van der Waals surface area (Å²) in [5.41, 5.74) is 4.68. The van der Waals surface area contributed by atoms with Crippen LogP contribution in [0.3, 0.4) is 0 Å². The summed E-state index contributed by atoms with van der Waals surface area (Å²) >= 11 is 0. The van der Waals surface area contributed by atoms with Crippen LogP contribution >= 0.6 is 0 Å². The smallest absolute Gasteiger partial charge is 0.243 e. The first-order valence-corrected chi connectivity index (χ1v) is 11.0. The third-order valence-electron chi connectivity index (χ3n) is 5.54. The molecule has 0 bridgehead atoms. The summed E-state index contributed by atoms with van der Waals surface area (Å²) in [5.74, 6) is 1.59. The van der Waals surface area contributed by atoms with Gasteiger partial charge < -0.3 is 14.8 Å². The van der Waals surface area contributed by atoms with Gasteiger partial charge in [-0.25, -0.2) is 24.3 Å². The van der Waals surface area contributed by atoms with Crippen LogP contribution in [0.25, 0.3) is 0 Å². The van der Waals surface area contributed by atoms with Crippen molar-refractivity contribution in [2.75, 3.05) is 18.6 Å². The number of benzene rings is 1. The number of fused-ring (bicyclic) bond motifs is 1. The minimum Gasteiger partial charge on any atom is -0.419 e. The Kier molecular flexibility index (Phi) is 6.90. The van der Waals surface area contributed by atoms with Gasteiger partial charge in [0.05, 0.1) is 24.4 Å². The Morgan fingerprint density at radius 3 is 2.66 bits per heavy atom. The van der Waals surface area contributed by atoms with Gasteiger partial charge in [0.15, 0.2) is 0 Å². The van der Waals surface area contributed by atoms with Gasteiger partial charge in [-0.15, -0.1) is 0 Å². The lowest BCUT2D eigenvalue weighted by Gasteiger charge is -2.24. The Morgan fingerprint density at radius 2 is 1.91 bits per heavy atom. The van der Waals surface area contributed by atoms with Crippen molar-refractivity contribution >= 4 is 5.82 Å². The number of hydrogen-bond donors (Lipinski definition) is 1. The van der Waals surface area contributed by atoms with Gasteiger partial charge in [0.25, 0.3) is 0 Å². The van der Waals surface area contributed by atoms with Crippen molar-refractivity contribution < 1.29 is 13.9 Å². The number of aryl methyl sites for hydroxylation is 3. The molecule has 0 radical (unpaired) electrons. The van der Waals surface area contributed by atoms with Gasteiger partial charge in [-0.2, -0.15) is 0 Å². The van der Waals surface area contributed by atoms with Crippen LogP contribution in [0.2, 0.25) is 0 Å². The molecule has 0 saturated carbocycles. The quantitative estimate of drug-likeness (QED) is 0.526. The fourth-order valence-electron chi connectivity index (χ4n) is 3.97. The topological polar surface area (TPSA) is 82.1 Å². The van der Waals surface area contributed by atoms with Crippen LogP contribution < -0.4 is 10.1 Å². The van der Waals surface area contributed by atoms with Crippen molar-refractivity contribution in [1.82, 2.24) is 19.9 Å². The maximum atomic E-state index is 12.8. The summed E-state index contributed by atoms with van der Waals surface area (Å²) < 4.78 is 24.6. The predicted octanol–water partition coefficient (Wildman–Crippen LogP) is 4.56.